The molecule has 3 heterocycles. The zero-order valence-electron chi connectivity index (χ0n) is 15.3. The summed E-state index contributed by atoms with van der Waals surface area (Å²) in [5, 5.41) is 0. The minimum absolute atomic E-state index is 0.142. The summed E-state index contributed by atoms with van der Waals surface area (Å²) < 4.78 is 8.33. The van der Waals surface area contributed by atoms with Crippen molar-refractivity contribution in [3.63, 3.8) is 0 Å². The standard InChI is InChI=1S/C21H14N4O2S2/c1-24-20(26)15(29-21(24)28)12-16-22-19-17(25(16)14-10-6-3-7-11-14)23-18(27-19)13-8-4-2-5-9-13/h2-12H,1H3/b15-12+. The Bertz CT molecular complexity index is 1280. The van der Waals surface area contributed by atoms with Crippen molar-refractivity contribution in [3.8, 4) is 17.1 Å². The van der Waals surface area contributed by atoms with Gasteiger partial charge in [-0.25, -0.2) is 0 Å². The van der Waals surface area contributed by atoms with Gasteiger partial charge in [0.25, 0.3) is 11.6 Å². The first-order valence-corrected chi connectivity index (χ1v) is 10.1. The number of aromatic nitrogens is 3. The molecule has 1 saturated heterocycles. The molecule has 4 aromatic rings. The zero-order valence-corrected chi connectivity index (χ0v) is 16.9. The molecule has 1 fully saturated rings. The minimum Gasteiger partial charge on any atom is -0.416 e. The fourth-order valence-electron chi connectivity index (χ4n) is 3.08. The van der Waals surface area contributed by atoms with Crippen LogP contribution in [0.4, 0.5) is 0 Å². The average Bonchev–Trinajstić information content (AvgIpc) is 3.37. The molecule has 0 radical (unpaired) electrons. The number of hydrogen-bond donors (Lipinski definition) is 0. The molecule has 0 bridgehead atoms. The van der Waals surface area contributed by atoms with Crippen molar-refractivity contribution in [2.45, 2.75) is 0 Å². The highest BCUT2D eigenvalue weighted by atomic mass is 32.2. The summed E-state index contributed by atoms with van der Waals surface area (Å²) in [5.74, 6) is 0.919. The smallest absolute Gasteiger partial charge is 0.267 e. The Hall–Kier alpha value is -3.23. The molecule has 1 amide bonds. The van der Waals surface area contributed by atoms with E-state index in [1.165, 1.54) is 16.7 Å². The molecule has 6 nitrogen and oxygen atoms in total. The highest BCUT2D eigenvalue weighted by molar-refractivity contribution is 8.26. The largest absolute Gasteiger partial charge is 0.416 e. The third kappa shape index (κ3) is 3.06. The highest BCUT2D eigenvalue weighted by Gasteiger charge is 2.30. The molecular weight excluding hydrogens is 404 g/mol. The Kier molecular flexibility index (Phi) is 4.30. The predicted octanol–water partition coefficient (Wildman–Crippen LogP) is 4.51. The van der Waals surface area contributed by atoms with Crippen LogP contribution in [0, 0.1) is 0 Å². The van der Waals surface area contributed by atoms with Gasteiger partial charge < -0.3 is 4.42 Å². The molecule has 8 heteroatoms. The zero-order chi connectivity index (χ0) is 20.0. The molecule has 1 aliphatic rings. The van der Waals surface area contributed by atoms with Crippen molar-refractivity contribution >= 4 is 51.6 Å². The molecule has 0 spiro atoms. The first-order chi connectivity index (χ1) is 14.1. The lowest BCUT2D eigenvalue weighted by atomic mass is 10.2. The number of imidazole rings is 1. The molecule has 2 aromatic heterocycles. The Balaban J connectivity index is 1.69. The molecule has 0 aliphatic carbocycles. The van der Waals surface area contributed by atoms with E-state index in [0.717, 1.165) is 11.3 Å². The van der Waals surface area contributed by atoms with E-state index in [1.807, 2.05) is 65.2 Å². The molecular formula is C21H14N4O2S2. The van der Waals surface area contributed by atoms with Gasteiger partial charge in [-0.1, -0.05) is 60.4 Å². The van der Waals surface area contributed by atoms with Gasteiger partial charge in [-0.2, -0.15) is 9.97 Å². The molecule has 0 atom stereocenters. The average molecular weight is 419 g/mol. The van der Waals surface area contributed by atoms with E-state index in [0.29, 0.717) is 32.3 Å². The van der Waals surface area contributed by atoms with Crippen LogP contribution < -0.4 is 0 Å². The summed E-state index contributed by atoms with van der Waals surface area (Å²) in [6, 6.07) is 19.4. The number of carbonyl (C=O) groups excluding carboxylic acids is 1. The second kappa shape index (κ2) is 6.98. The van der Waals surface area contributed by atoms with Crippen molar-refractivity contribution < 1.29 is 9.21 Å². The second-order valence-corrected chi connectivity index (χ2v) is 8.07. The third-order valence-corrected chi connectivity index (χ3v) is 6.02. The molecule has 1 aliphatic heterocycles. The maximum absolute atomic E-state index is 12.4. The minimum atomic E-state index is -0.142. The van der Waals surface area contributed by atoms with Crippen molar-refractivity contribution in [1.82, 2.24) is 19.4 Å². The van der Waals surface area contributed by atoms with Crippen LogP contribution >= 0.6 is 24.0 Å². The third-order valence-electron chi connectivity index (χ3n) is 4.53. The molecule has 5 rings (SSSR count). The van der Waals surface area contributed by atoms with Gasteiger partial charge in [0.05, 0.1) is 4.91 Å². The van der Waals surface area contributed by atoms with Crippen LogP contribution in [0.3, 0.4) is 0 Å². The van der Waals surface area contributed by atoms with Gasteiger partial charge in [0, 0.05) is 24.4 Å². The number of fused-ring (bicyclic) bond motifs is 1. The molecule has 142 valence electrons. The monoisotopic (exact) mass is 418 g/mol. The van der Waals surface area contributed by atoms with E-state index in [2.05, 4.69) is 9.97 Å². The number of nitrogens with zero attached hydrogens (tertiary/aromatic N) is 4. The first kappa shape index (κ1) is 17.8. The van der Waals surface area contributed by atoms with E-state index >= 15 is 0 Å². The van der Waals surface area contributed by atoms with Crippen LogP contribution in [0.5, 0.6) is 0 Å². The van der Waals surface area contributed by atoms with Crippen molar-refractivity contribution in [1.29, 1.82) is 0 Å². The van der Waals surface area contributed by atoms with Crippen molar-refractivity contribution in [3.05, 3.63) is 71.4 Å². The summed E-state index contributed by atoms with van der Waals surface area (Å²) in [4.78, 5) is 23.7. The predicted molar refractivity (Wildman–Crippen MR) is 118 cm³/mol. The van der Waals surface area contributed by atoms with Crippen LogP contribution in [0.1, 0.15) is 5.82 Å². The number of thioether (sulfide) groups is 1. The summed E-state index contributed by atoms with van der Waals surface area (Å²) in [5.41, 5.74) is 2.75. The number of benzene rings is 2. The number of thiocarbonyl (C=S) groups is 1. The fraction of sp³-hybridized carbons (Fsp3) is 0.0476. The summed E-state index contributed by atoms with van der Waals surface area (Å²) >= 11 is 6.48. The van der Waals surface area contributed by atoms with E-state index in [9.17, 15) is 4.79 Å². The number of rotatable bonds is 3. The lowest BCUT2D eigenvalue weighted by Gasteiger charge is -2.06. The van der Waals surface area contributed by atoms with E-state index in [1.54, 1.807) is 13.1 Å². The number of oxazole rings is 1. The quantitative estimate of drug-likeness (QED) is 0.360. The van der Waals surface area contributed by atoms with Gasteiger partial charge in [0.1, 0.15) is 10.1 Å². The van der Waals surface area contributed by atoms with Crippen molar-refractivity contribution in [2.24, 2.45) is 0 Å². The van der Waals surface area contributed by atoms with Crippen molar-refractivity contribution in [2.75, 3.05) is 7.05 Å². The normalized spacial score (nSPS) is 15.8. The molecule has 29 heavy (non-hydrogen) atoms. The van der Waals surface area contributed by atoms with Gasteiger partial charge in [-0.15, -0.1) is 0 Å². The summed E-state index contributed by atoms with van der Waals surface area (Å²) in [6.45, 7) is 0. The van der Waals surface area contributed by atoms with Gasteiger partial charge in [-0.3, -0.25) is 14.3 Å². The van der Waals surface area contributed by atoms with Crippen LogP contribution in [-0.4, -0.2) is 36.7 Å². The lowest BCUT2D eigenvalue weighted by molar-refractivity contribution is -0.121. The summed E-state index contributed by atoms with van der Waals surface area (Å²) in [7, 11) is 1.67. The highest BCUT2D eigenvalue weighted by Crippen LogP contribution is 2.33. The Labute approximate surface area is 175 Å². The summed E-state index contributed by atoms with van der Waals surface area (Å²) in [6.07, 6.45) is 1.73. The maximum Gasteiger partial charge on any atom is 0.267 e. The Morgan fingerprint density at radius 1 is 1.03 bits per heavy atom. The lowest BCUT2D eigenvalue weighted by Crippen LogP contribution is -2.22. The van der Waals surface area contributed by atoms with E-state index in [4.69, 9.17) is 16.6 Å². The number of amides is 1. The van der Waals surface area contributed by atoms with Gasteiger partial charge in [-0.05, 0) is 24.3 Å². The van der Waals surface area contributed by atoms with Gasteiger partial charge >= 0.3 is 0 Å². The van der Waals surface area contributed by atoms with E-state index < -0.39 is 0 Å². The SMILES string of the molecule is CN1C(=O)/C(=C\c2nc3oc(-c4ccccc4)nc3n2-c2ccccc2)SC1=S. The van der Waals surface area contributed by atoms with Gasteiger partial charge in [0.15, 0.2) is 0 Å². The van der Waals surface area contributed by atoms with E-state index in [-0.39, 0.29) is 5.91 Å². The number of para-hydroxylation sites is 1. The molecule has 2 aromatic carbocycles. The number of likely N-dealkylation sites (N-methyl/N-ethyl adjacent to an activating group) is 1. The molecule has 0 saturated carbocycles. The Morgan fingerprint density at radius 3 is 2.38 bits per heavy atom. The fourth-order valence-corrected chi connectivity index (χ4v) is 4.23. The first-order valence-electron chi connectivity index (χ1n) is 8.83. The van der Waals surface area contributed by atoms with Gasteiger partial charge in [0.2, 0.25) is 11.5 Å². The topological polar surface area (TPSA) is 64.2 Å². The van der Waals surface area contributed by atoms with Crippen LogP contribution in [0.2, 0.25) is 0 Å². The van der Waals surface area contributed by atoms with Crippen LogP contribution in [0.25, 0.3) is 34.6 Å². The second-order valence-electron chi connectivity index (χ2n) is 6.40. The van der Waals surface area contributed by atoms with Crippen LogP contribution in [-0.2, 0) is 4.79 Å². The maximum atomic E-state index is 12.4. The number of hydrogen-bond acceptors (Lipinski definition) is 6. The Morgan fingerprint density at radius 2 is 1.72 bits per heavy atom. The number of carbonyl (C=O) groups is 1. The molecule has 0 N–H and O–H groups in total. The molecule has 0 unspecified atom stereocenters. The van der Waals surface area contributed by atoms with Crippen LogP contribution in [0.15, 0.2) is 70.0 Å².